The van der Waals surface area contributed by atoms with Gasteiger partial charge in [-0.25, -0.2) is 4.98 Å². The number of anilines is 2. The van der Waals surface area contributed by atoms with E-state index in [0.717, 1.165) is 12.2 Å². The zero-order chi connectivity index (χ0) is 19.6. The Labute approximate surface area is 160 Å². The maximum Gasteiger partial charge on any atom is 0.229 e. The van der Waals surface area contributed by atoms with Crippen molar-refractivity contribution in [2.24, 2.45) is 0 Å². The highest BCUT2D eigenvalue weighted by Crippen LogP contribution is 2.13. The molecule has 0 amide bonds. The highest BCUT2D eigenvalue weighted by atomic mass is 16.5. The first kappa shape index (κ1) is 20.0. The lowest BCUT2D eigenvalue weighted by atomic mass is 10.2. The van der Waals surface area contributed by atoms with Gasteiger partial charge in [-0.05, 0) is 25.6 Å². The van der Waals surface area contributed by atoms with Crippen molar-refractivity contribution in [3.05, 3.63) is 71.3 Å². The third-order valence-corrected chi connectivity index (χ3v) is 3.70. The van der Waals surface area contributed by atoms with Crippen LogP contribution in [0.4, 0.5) is 11.8 Å². The third-order valence-electron chi connectivity index (χ3n) is 3.70. The Balaban J connectivity index is 2.13. The lowest BCUT2D eigenvalue weighted by Crippen LogP contribution is -2.19. The lowest BCUT2D eigenvalue weighted by Gasteiger charge is -2.17. The zero-order valence-corrected chi connectivity index (χ0v) is 15.9. The van der Waals surface area contributed by atoms with Crippen molar-refractivity contribution in [3.8, 4) is 12.3 Å². The minimum atomic E-state index is 0.389. The average Bonchev–Trinajstić information content (AvgIpc) is 2.62. The Kier molecular flexibility index (Phi) is 7.41. The van der Waals surface area contributed by atoms with Crippen LogP contribution < -0.4 is 11.1 Å². The van der Waals surface area contributed by atoms with Gasteiger partial charge in [0.2, 0.25) is 5.95 Å². The molecule has 0 radical (unpaired) electrons. The molecule has 0 saturated heterocycles. The average molecular weight is 363 g/mol. The van der Waals surface area contributed by atoms with Gasteiger partial charge in [0.25, 0.3) is 0 Å². The van der Waals surface area contributed by atoms with E-state index in [4.69, 9.17) is 16.9 Å². The third kappa shape index (κ3) is 6.84. The SMILES string of the molecule is C#C/C=C(\C=C(/C)OC)Nc1nc(N)cc(CN(C)Cc2ccccc2)n1. The number of terminal acetylenes is 1. The van der Waals surface area contributed by atoms with Gasteiger partial charge in [0.15, 0.2) is 0 Å². The van der Waals surface area contributed by atoms with Gasteiger partial charge in [-0.2, -0.15) is 4.98 Å². The smallest absolute Gasteiger partial charge is 0.229 e. The van der Waals surface area contributed by atoms with Gasteiger partial charge < -0.3 is 15.8 Å². The molecule has 1 aromatic carbocycles. The second kappa shape index (κ2) is 10.00. The van der Waals surface area contributed by atoms with Gasteiger partial charge in [0.1, 0.15) is 5.82 Å². The van der Waals surface area contributed by atoms with Crippen LogP contribution in [-0.4, -0.2) is 29.0 Å². The van der Waals surface area contributed by atoms with E-state index < -0.39 is 0 Å². The van der Waals surface area contributed by atoms with Crippen LogP contribution in [0, 0.1) is 12.3 Å². The van der Waals surface area contributed by atoms with E-state index in [1.165, 1.54) is 5.56 Å². The molecule has 6 heteroatoms. The van der Waals surface area contributed by atoms with Gasteiger partial charge in [-0.15, -0.1) is 6.42 Å². The molecule has 0 atom stereocenters. The molecule has 1 aromatic heterocycles. The number of nitrogens with one attached hydrogen (secondary N) is 1. The molecule has 0 aliphatic heterocycles. The first-order valence-electron chi connectivity index (χ1n) is 8.51. The maximum atomic E-state index is 5.96. The van der Waals surface area contributed by atoms with Gasteiger partial charge in [-0.3, -0.25) is 4.90 Å². The Morgan fingerprint density at radius 3 is 2.70 bits per heavy atom. The van der Waals surface area contributed by atoms with Crippen LogP contribution in [0.1, 0.15) is 18.2 Å². The number of rotatable bonds is 8. The number of allylic oxidation sites excluding steroid dienone is 3. The molecule has 0 saturated carbocycles. The first-order chi connectivity index (χ1) is 13.0. The van der Waals surface area contributed by atoms with Crippen LogP contribution in [0.3, 0.4) is 0 Å². The molecule has 0 unspecified atom stereocenters. The number of ether oxygens (including phenoxy) is 1. The molecule has 6 nitrogen and oxygen atoms in total. The summed E-state index contributed by atoms with van der Waals surface area (Å²) < 4.78 is 5.16. The summed E-state index contributed by atoms with van der Waals surface area (Å²) in [6, 6.07) is 12.0. The highest BCUT2D eigenvalue weighted by molar-refractivity contribution is 5.46. The van der Waals surface area contributed by atoms with Crippen molar-refractivity contribution in [3.63, 3.8) is 0 Å². The van der Waals surface area contributed by atoms with E-state index in [2.05, 4.69) is 38.2 Å². The predicted octanol–water partition coefficient (Wildman–Crippen LogP) is 3.17. The number of hydrogen-bond donors (Lipinski definition) is 2. The fraction of sp³-hybridized carbons (Fsp3) is 0.238. The summed E-state index contributed by atoms with van der Waals surface area (Å²) in [7, 11) is 3.63. The molecule has 1 heterocycles. The molecule has 27 heavy (non-hydrogen) atoms. The summed E-state index contributed by atoms with van der Waals surface area (Å²) in [4.78, 5) is 10.9. The van der Waals surface area contributed by atoms with Crippen LogP contribution in [0.2, 0.25) is 0 Å². The summed E-state index contributed by atoms with van der Waals surface area (Å²) in [6.45, 7) is 3.28. The van der Waals surface area contributed by atoms with Crippen LogP contribution in [0.5, 0.6) is 0 Å². The molecule has 2 rings (SSSR count). The molecule has 3 N–H and O–H groups in total. The zero-order valence-electron chi connectivity index (χ0n) is 15.9. The standard InChI is InChI=1S/C21H25N5O/c1-5-9-18(12-16(2)27-4)23-21-24-19(13-20(22)25-21)15-26(3)14-17-10-7-6-8-11-17/h1,6-13H,14-15H2,2-4H3,(H3,22,23,24,25)/b16-12+,18-9+. The lowest BCUT2D eigenvalue weighted by molar-refractivity contribution is 0.293. The number of hydrogen-bond acceptors (Lipinski definition) is 6. The molecule has 0 bridgehead atoms. The first-order valence-corrected chi connectivity index (χ1v) is 8.51. The Morgan fingerprint density at radius 1 is 1.30 bits per heavy atom. The van der Waals surface area contributed by atoms with Gasteiger partial charge in [-0.1, -0.05) is 36.3 Å². The minimum Gasteiger partial charge on any atom is -0.501 e. The van der Waals surface area contributed by atoms with Crippen molar-refractivity contribution in [2.45, 2.75) is 20.0 Å². The van der Waals surface area contributed by atoms with Crippen molar-refractivity contribution in [1.82, 2.24) is 14.9 Å². The van der Waals surface area contributed by atoms with Crippen molar-refractivity contribution < 1.29 is 4.74 Å². The largest absolute Gasteiger partial charge is 0.501 e. The van der Waals surface area contributed by atoms with Gasteiger partial charge >= 0.3 is 0 Å². The molecule has 140 valence electrons. The normalized spacial score (nSPS) is 12.0. The Morgan fingerprint density at radius 2 is 2.04 bits per heavy atom. The number of methoxy groups -OCH3 is 1. The van der Waals surface area contributed by atoms with Crippen molar-refractivity contribution in [2.75, 3.05) is 25.2 Å². The predicted molar refractivity (Wildman–Crippen MR) is 109 cm³/mol. The fourth-order valence-corrected chi connectivity index (χ4v) is 2.49. The fourth-order valence-electron chi connectivity index (χ4n) is 2.49. The Bertz CT molecular complexity index is 853. The van der Waals surface area contributed by atoms with Gasteiger partial charge in [0.05, 0.1) is 24.3 Å². The molecular weight excluding hydrogens is 338 g/mol. The number of nitrogen functional groups attached to an aromatic ring is 1. The minimum absolute atomic E-state index is 0.389. The second-order valence-corrected chi connectivity index (χ2v) is 6.12. The number of nitrogens with two attached hydrogens (primary N) is 1. The topological polar surface area (TPSA) is 76.3 Å². The number of benzene rings is 1. The maximum absolute atomic E-state index is 5.96. The Hall–Kier alpha value is -3.30. The summed E-state index contributed by atoms with van der Waals surface area (Å²) >= 11 is 0. The van der Waals surface area contributed by atoms with Crippen LogP contribution >= 0.6 is 0 Å². The van der Waals surface area contributed by atoms with Crippen molar-refractivity contribution >= 4 is 11.8 Å². The molecule has 0 spiro atoms. The summed E-state index contributed by atoms with van der Waals surface area (Å²) in [5.41, 5.74) is 8.65. The number of aromatic nitrogens is 2. The van der Waals surface area contributed by atoms with E-state index in [-0.39, 0.29) is 0 Å². The van der Waals surface area contributed by atoms with E-state index >= 15 is 0 Å². The van der Waals surface area contributed by atoms with Crippen LogP contribution in [0.25, 0.3) is 0 Å². The quantitative estimate of drug-likeness (QED) is 0.426. The summed E-state index contributed by atoms with van der Waals surface area (Å²) in [5.74, 6) is 3.97. The van der Waals surface area contributed by atoms with E-state index in [0.29, 0.717) is 29.8 Å². The van der Waals surface area contributed by atoms with E-state index in [1.807, 2.05) is 32.2 Å². The molecule has 0 aliphatic carbocycles. The second-order valence-electron chi connectivity index (χ2n) is 6.12. The highest BCUT2D eigenvalue weighted by Gasteiger charge is 2.08. The summed E-state index contributed by atoms with van der Waals surface area (Å²) in [5, 5.41) is 3.09. The van der Waals surface area contributed by atoms with Crippen LogP contribution in [0.15, 0.2) is 60.0 Å². The van der Waals surface area contributed by atoms with Crippen LogP contribution in [-0.2, 0) is 17.8 Å². The van der Waals surface area contributed by atoms with Crippen molar-refractivity contribution in [1.29, 1.82) is 0 Å². The molecule has 2 aromatic rings. The molecule has 0 fully saturated rings. The molecule has 0 aliphatic rings. The monoisotopic (exact) mass is 363 g/mol. The number of nitrogens with zero attached hydrogens (tertiary/aromatic N) is 3. The van der Waals surface area contributed by atoms with E-state index in [1.54, 1.807) is 25.3 Å². The van der Waals surface area contributed by atoms with E-state index in [9.17, 15) is 0 Å². The van der Waals surface area contributed by atoms with Gasteiger partial charge in [0, 0.05) is 25.2 Å². The summed E-state index contributed by atoms with van der Waals surface area (Å²) in [6.07, 6.45) is 8.74. The molecular formula is C21H25N5O.